The molecule has 0 saturated carbocycles. The van der Waals surface area contributed by atoms with Gasteiger partial charge >= 0.3 is 0 Å². The van der Waals surface area contributed by atoms with E-state index in [1.165, 1.54) is 0 Å². The Kier molecular flexibility index (Phi) is 9.35. The van der Waals surface area contributed by atoms with Gasteiger partial charge in [-0.2, -0.15) is 0 Å². The Morgan fingerprint density at radius 1 is 1.14 bits per heavy atom. The van der Waals surface area contributed by atoms with Gasteiger partial charge in [0.05, 0.1) is 32.5 Å². The molecule has 2 aliphatic rings. The Balaban J connectivity index is 1.47. The highest BCUT2D eigenvalue weighted by Crippen LogP contribution is 2.32. The highest BCUT2D eigenvalue weighted by Gasteiger charge is 2.15. The normalized spacial score (nSPS) is 19.1. The largest absolute Gasteiger partial charge is 0.490 e. The molecular formula is C21H33N3O5. The third-order valence-corrected chi connectivity index (χ3v) is 4.65. The van der Waals surface area contributed by atoms with Crippen molar-refractivity contribution in [3.8, 4) is 11.5 Å². The van der Waals surface area contributed by atoms with Crippen LogP contribution in [-0.4, -0.2) is 71.9 Å². The van der Waals surface area contributed by atoms with Gasteiger partial charge in [0.1, 0.15) is 0 Å². The van der Waals surface area contributed by atoms with E-state index in [0.29, 0.717) is 52.1 Å². The summed E-state index contributed by atoms with van der Waals surface area (Å²) in [7, 11) is 1.68. The summed E-state index contributed by atoms with van der Waals surface area (Å²) in [5.74, 6) is 2.24. The van der Waals surface area contributed by atoms with Crippen molar-refractivity contribution in [2.45, 2.75) is 31.8 Å². The van der Waals surface area contributed by atoms with Gasteiger partial charge < -0.3 is 34.3 Å². The molecule has 1 aromatic carbocycles. The lowest BCUT2D eigenvalue weighted by Gasteiger charge is -2.14. The molecule has 29 heavy (non-hydrogen) atoms. The number of aliphatic imine (C=N–C) groups is 1. The second kappa shape index (κ2) is 12.5. The maximum atomic E-state index is 5.76. The van der Waals surface area contributed by atoms with Gasteiger partial charge in [0.15, 0.2) is 17.5 Å². The van der Waals surface area contributed by atoms with Crippen molar-refractivity contribution in [1.29, 1.82) is 0 Å². The summed E-state index contributed by atoms with van der Waals surface area (Å²) >= 11 is 0. The highest BCUT2D eigenvalue weighted by molar-refractivity contribution is 5.93. The molecule has 1 saturated heterocycles. The Morgan fingerprint density at radius 3 is 2.86 bits per heavy atom. The van der Waals surface area contributed by atoms with Crippen LogP contribution in [0, 0.1) is 0 Å². The lowest BCUT2D eigenvalue weighted by Crippen LogP contribution is -2.33. The Hall–Kier alpha value is -2.03. The van der Waals surface area contributed by atoms with E-state index in [0.717, 1.165) is 49.5 Å². The van der Waals surface area contributed by atoms with Crippen LogP contribution in [0.4, 0.5) is 5.69 Å². The van der Waals surface area contributed by atoms with Crippen LogP contribution in [0.25, 0.3) is 0 Å². The van der Waals surface area contributed by atoms with Gasteiger partial charge in [0.2, 0.25) is 0 Å². The number of nitrogens with zero attached hydrogens (tertiary/aromatic N) is 1. The summed E-state index contributed by atoms with van der Waals surface area (Å²) in [5.41, 5.74) is 0.896. The molecular weight excluding hydrogens is 374 g/mol. The van der Waals surface area contributed by atoms with Gasteiger partial charge in [-0.3, -0.25) is 4.99 Å². The predicted molar refractivity (Wildman–Crippen MR) is 112 cm³/mol. The van der Waals surface area contributed by atoms with Gasteiger partial charge in [-0.25, -0.2) is 0 Å². The molecule has 0 bridgehead atoms. The van der Waals surface area contributed by atoms with Crippen LogP contribution in [0.1, 0.15) is 25.7 Å². The van der Waals surface area contributed by atoms with E-state index < -0.39 is 0 Å². The molecule has 0 aliphatic carbocycles. The van der Waals surface area contributed by atoms with E-state index in [1.54, 1.807) is 7.11 Å². The average Bonchev–Trinajstić information content (AvgIpc) is 3.14. The zero-order valence-electron chi connectivity index (χ0n) is 17.3. The third-order valence-electron chi connectivity index (χ3n) is 4.65. The van der Waals surface area contributed by atoms with E-state index in [4.69, 9.17) is 23.7 Å². The first kappa shape index (κ1) is 21.7. The Bertz CT molecular complexity index is 635. The minimum Gasteiger partial charge on any atom is -0.490 e. The molecule has 1 fully saturated rings. The molecule has 162 valence electrons. The zero-order chi connectivity index (χ0) is 20.2. The molecule has 3 rings (SSSR count). The fourth-order valence-electron chi connectivity index (χ4n) is 3.14. The van der Waals surface area contributed by atoms with Crippen molar-refractivity contribution in [1.82, 2.24) is 5.32 Å². The second-order valence-corrected chi connectivity index (χ2v) is 7.05. The molecule has 0 amide bonds. The first-order chi connectivity index (χ1) is 14.3. The zero-order valence-corrected chi connectivity index (χ0v) is 17.3. The fraction of sp³-hybridized carbons (Fsp3) is 0.667. The first-order valence-electron chi connectivity index (χ1n) is 10.5. The number of hydrogen-bond acceptors (Lipinski definition) is 6. The number of guanidine groups is 1. The molecule has 1 atom stereocenters. The number of benzene rings is 1. The van der Waals surface area contributed by atoms with Gasteiger partial charge in [0.25, 0.3) is 0 Å². The molecule has 2 aliphatic heterocycles. The minimum absolute atomic E-state index is 0.269. The van der Waals surface area contributed by atoms with Crippen LogP contribution in [0.15, 0.2) is 23.2 Å². The number of fused-ring (bicyclic) bond motifs is 1. The van der Waals surface area contributed by atoms with E-state index in [2.05, 4.69) is 15.6 Å². The maximum absolute atomic E-state index is 5.76. The van der Waals surface area contributed by atoms with Crippen molar-refractivity contribution in [3.05, 3.63) is 18.2 Å². The van der Waals surface area contributed by atoms with Crippen LogP contribution in [0.2, 0.25) is 0 Å². The van der Waals surface area contributed by atoms with Crippen molar-refractivity contribution >= 4 is 11.6 Å². The van der Waals surface area contributed by atoms with Gasteiger partial charge in [-0.05, 0) is 31.4 Å². The van der Waals surface area contributed by atoms with Crippen LogP contribution < -0.4 is 20.1 Å². The number of rotatable bonds is 10. The van der Waals surface area contributed by atoms with Crippen molar-refractivity contribution in [3.63, 3.8) is 0 Å². The molecule has 0 aromatic heterocycles. The van der Waals surface area contributed by atoms with Crippen LogP contribution in [0.5, 0.6) is 11.5 Å². The van der Waals surface area contributed by atoms with E-state index in [-0.39, 0.29) is 6.10 Å². The van der Waals surface area contributed by atoms with E-state index >= 15 is 0 Å². The second-order valence-electron chi connectivity index (χ2n) is 7.05. The summed E-state index contributed by atoms with van der Waals surface area (Å²) in [6, 6.07) is 5.83. The molecule has 0 spiro atoms. The molecule has 8 heteroatoms. The first-order valence-corrected chi connectivity index (χ1v) is 10.5. The number of methoxy groups -OCH3 is 1. The van der Waals surface area contributed by atoms with E-state index in [1.807, 2.05) is 18.2 Å². The maximum Gasteiger partial charge on any atom is 0.195 e. The topological polar surface area (TPSA) is 82.6 Å². The third kappa shape index (κ3) is 7.72. The summed E-state index contributed by atoms with van der Waals surface area (Å²) in [6.45, 7) is 5.50. The lowest BCUT2D eigenvalue weighted by atomic mass is 10.2. The molecule has 2 N–H and O–H groups in total. The van der Waals surface area contributed by atoms with Gasteiger partial charge in [-0.1, -0.05) is 0 Å². The highest BCUT2D eigenvalue weighted by atomic mass is 16.5. The smallest absolute Gasteiger partial charge is 0.195 e. The summed E-state index contributed by atoms with van der Waals surface area (Å²) in [5, 5.41) is 6.61. The number of ether oxygens (including phenoxy) is 5. The van der Waals surface area contributed by atoms with Crippen LogP contribution in [-0.2, 0) is 14.2 Å². The van der Waals surface area contributed by atoms with Crippen molar-refractivity contribution < 1.29 is 23.7 Å². The van der Waals surface area contributed by atoms with Crippen LogP contribution in [0.3, 0.4) is 0 Å². The predicted octanol–water partition coefficient (Wildman–Crippen LogP) is 2.44. The Labute approximate surface area is 172 Å². The Morgan fingerprint density at radius 2 is 2.03 bits per heavy atom. The van der Waals surface area contributed by atoms with E-state index in [9.17, 15) is 0 Å². The molecule has 1 aromatic rings. The van der Waals surface area contributed by atoms with Gasteiger partial charge in [0, 0.05) is 51.6 Å². The van der Waals surface area contributed by atoms with Crippen molar-refractivity contribution in [2.24, 2.45) is 4.99 Å². The minimum atomic E-state index is 0.269. The fourth-order valence-corrected chi connectivity index (χ4v) is 3.14. The molecule has 2 heterocycles. The molecule has 0 radical (unpaired) electrons. The lowest BCUT2D eigenvalue weighted by molar-refractivity contribution is 0.0171. The quantitative estimate of drug-likeness (QED) is 0.350. The number of hydrogen-bond donors (Lipinski definition) is 2. The summed E-state index contributed by atoms with van der Waals surface area (Å²) in [6.07, 6.45) is 4.25. The average molecular weight is 408 g/mol. The van der Waals surface area contributed by atoms with Crippen molar-refractivity contribution in [2.75, 3.05) is 65.2 Å². The SMILES string of the molecule is COCCNC(=NCCCOCC1CCCO1)Nc1ccc2c(c1)OCCCO2. The van der Waals surface area contributed by atoms with Gasteiger partial charge in [-0.15, -0.1) is 0 Å². The molecule has 1 unspecified atom stereocenters. The van der Waals surface area contributed by atoms with Crippen LogP contribution >= 0.6 is 0 Å². The monoisotopic (exact) mass is 407 g/mol. The number of nitrogens with one attached hydrogen (secondary N) is 2. The summed E-state index contributed by atoms with van der Waals surface area (Å²) < 4.78 is 27.8. The standard InChI is InChI=1S/C21H33N3O5/c1-25-14-9-23-21(22-8-3-10-26-16-18-5-2-11-27-18)24-17-6-7-19-20(15-17)29-13-4-12-28-19/h6-7,15,18H,2-5,8-14,16H2,1H3,(H2,22,23,24). The molecule has 8 nitrogen and oxygen atoms in total. The summed E-state index contributed by atoms with van der Waals surface area (Å²) in [4.78, 5) is 4.65. The number of anilines is 1.